The lowest BCUT2D eigenvalue weighted by Crippen LogP contribution is -2.10. The van der Waals surface area contributed by atoms with Crippen molar-refractivity contribution in [2.45, 2.75) is 39.5 Å². The van der Waals surface area contributed by atoms with Gasteiger partial charge in [0.25, 0.3) is 0 Å². The van der Waals surface area contributed by atoms with Gasteiger partial charge in [0.05, 0.1) is 17.8 Å². The summed E-state index contributed by atoms with van der Waals surface area (Å²) in [6.45, 7) is 6.09. The second kappa shape index (κ2) is 5.79. The van der Waals surface area contributed by atoms with Crippen molar-refractivity contribution in [1.82, 2.24) is 9.78 Å². The number of nitrogens with zero attached hydrogens (tertiary/aromatic N) is 2. The molecule has 114 valence electrons. The van der Waals surface area contributed by atoms with Gasteiger partial charge in [0, 0.05) is 24.0 Å². The van der Waals surface area contributed by atoms with E-state index in [1.54, 1.807) is 16.9 Å². The van der Waals surface area contributed by atoms with Crippen molar-refractivity contribution in [2.75, 3.05) is 5.32 Å². The van der Waals surface area contributed by atoms with Gasteiger partial charge in [-0.2, -0.15) is 18.3 Å². The summed E-state index contributed by atoms with van der Waals surface area (Å²) in [4.78, 5) is 0. The molecule has 2 rings (SSSR count). The highest BCUT2D eigenvalue weighted by Crippen LogP contribution is 2.34. The topological polar surface area (TPSA) is 29.9 Å². The van der Waals surface area contributed by atoms with Crippen molar-refractivity contribution in [3.8, 4) is 0 Å². The quantitative estimate of drug-likeness (QED) is 0.906. The lowest BCUT2D eigenvalue weighted by molar-refractivity contribution is -0.138. The SMILES string of the molecule is CCn1cc(C(C)Nc2ccc(C)c(C(F)(F)F)c2)cn1. The molecule has 3 nitrogen and oxygen atoms in total. The standard InChI is InChI=1S/C15H18F3N3/c1-4-21-9-12(8-19-21)11(3)20-13-6-5-10(2)14(7-13)15(16,17)18/h5-9,11,20H,4H2,1-3H3. The molecule has 0 aliphatic carbocycles. The molecule has 0 fully saturated rings. The molecular weight excluding hydrogens is 279 g/mol. The number of nitrogens with one attached hydrogen (secondary N) is 1. The predicted octanol–water partition coefficient (Wildman–Crippen LogP) is 4.40. The predicted molar refractivity (Wildman–Crippen MR) is 76.1 cm³/mol. The van der Waals surface area contributed by atoms with E-state index >= 15 is 0 Å². The lowest BCUT2D eigenvalue weighted by Gasteiger charge is -2.17. The zero-order valence-corrected chi connectivity index (χ0v) is 12.2. The monoisotopic (exact) mass is 297 g/mol. The molecule has 0 aliphatic rings. The first-order valence-electron chi connectivity index (χ1n) is 6.78. The highest BCUT2D eigenvalue weighted by Gasteiger charge is 2.32. The van der Waals surface area contributed by atoms with E-state index in [0.717, 1.165) is 18.2 Å². The Balaban J connectivity index is 2.19. The van der Waals surface area contributed by atoms with E-state index < -0.39 is 11.7 Å². The summed E-state index contributed by atoms with van der Waals surface area (Å²) in [5.74, 6) is 0. The molecule has 0 aliphatic heterocycles. The first-order chi connectivity index (χ1) is 9.81. The van der Waals surface area contributed by atoms with Gasteiger partial charge < -0.3 is 5.32 Å². The number of alkyl halides is 3. The van der Waals surface area contributed by atoms with Gasteiger partial charge in [0.15, 0.2) is 0 Å². The highest BCUT2D eigenvalue weighted by atomic mass is 19.4. The van der Waals surface area contributed by atoms with Gasteiger partial charge in [-0.1, -0.05) is 6.07 Å². The first kappa shape index (κ1) is 15.4. The summed E-state index contributed by atoms with van der Waals surface area (Å²) in [5.41, 5.74) is 0.999. The molecule has 21 heavy (non-hydrogen) atoms. The van der Waals surface area contributed by atoms with Crippen molar-refractivity contribution in [3.05, 3.63) is 47.3 Å². The minimum Gasteiger partial charge on any atom is -0.378 e. The molecule has 0 bridgehead atoms. The van der Waals surface area contributed by atoms with E-state index in [9.17, 15) is 13.2 Å². The van der Waals surface area contributed by atoms with Gasteiger partial charge in [-0.3, -0.25) is 4.68 Å². The fourth-order valence-electron chi connectivity index (χ4n) is 2.13. The molecule has 1 aromatic heterocycles. The van der Waals surface area contributed by atoms with Crippen LogP contribution in [0.3, 0.4) is 0 Å². The van der Waals surface area contributed by atoms with E-state index in [1.165, 1.54) is 13.0 Å². The molecule has 0 saturated heterocycles. The lowest BCUT2D eigenvalue weighted by atomic mass is 10.1. The van der Waals surface area contributed by atoms with E-state index in [1.807, 2.05) is 20.0 Å². The van der Waals surface area contributed by atoms with Crippen molar-refractivity contribution in [2.24, 2.45) is 0 Å². The summed E-state index contributed by atoms with van der Waals surface area (Å²) in [7, 11) is 0. The van der Waals surface area contributed by atoms with E-state index in [0.29, 0.717) is 5.69 Å². The Bertz CT molecular complexity index is 617. The van der Waals surface area contributed by atoms with Crippen LogP contribution in [-0.4, -0.2) is 9.78 Å². The van der Waals surface area contributed by atoms with Crippen LogP contribution in [0, 0.1) is 6.92 Å². The first-order valence-corrected chi connectivity index (χ1v) is 6.78. The third-order valence-corrected chi connectivity index (χ3v) is 3.40. The molecule has 1 atom stereocenters. The van der Waals surface area contributed by atoms with Crippen LogP contribution in [-0.2, 0) is 12.7 Å². The summed E-state index contributed by atoms with van der Waals surface area (Å²) < 4.78 is 40.5. The summed E-state index contributed by atoms with van der Waals surface area (Å²) in [5, 5.41) is 7.25. The minimum absolute atomic E-state index is 0.117. The molecule has 0 amide bonds. The molecule has 1 aromatic carbocycles. The average molecular weight is 297 g/mol. The summed E-state index contributed by atoms with van der Waals surface area (Å²) in [6.07, 6.45) is -0.728. The van der Waals surface area contributed by atoms with Gasteiger partial charge in [-0.25, -0.2) is 0 Å². The molecule has 6 heteroatoms. The van der Waals surface area contributed by atoms with Crippen LogP contribution in [0.1, 0.15) is 36.6 Å². The van der Waals surface area contributed by atoms with E-state index in [2.05, 4.69) is 10.4 Å². The largest absolute Gasteiger partial charge is 0.416 e. The van der Waals surface area contributed by atoms with Crippen LogP contribution in [0.4, 0.5) is 18.9 Å². The van der Waals surface area contributed by atoms with Crippen molar-refractivity contribution >= 4 is 5.69 Å². The van der Waals surface area contributed by atoms with Gasteiger partial charge in [0.1, 0.15) is 0 Å². The summed E-state index contributed by atoms with van der Waals surface area (Å²) in [6, 6.07) is 4.17. The average Bonchev–Trinajstić information content (AvgIpc) is 2.88. The van der Waals surface area contributed by atoms with Crippen LogP contribution in [0.15, 0.2) is 30.6 Å². The molecule has 1 N–H and O–H groups in total. The second-order valence-electron chi connectivity index (χ2n) is 5.02. The van der Waals surface area contributed by atoms with Gasteiger partial charge >= 0.3 is 6.18 Å². The fraction of sp³-hybridized carbons (Fsp3) is 0.400. The Labute approximate surface area is 121 Å². The third-order valence-electron chi connectivity index (χ3n) is 3.40. The van der Waals surface area contributed by atoms with Crippen LogP contribution in [0.5, 0.6) is 0 Å². The zero-order valence-electron chi connectivity index (χ0n) is 12.2. The number of anilines is 1. The molecule has 2 aromatic rings. The Morgan fingerprint density at radius 1 is 1.33 bits per heavy atom. The third kappa shape index (κ3) is 3.56. The van der Waals surface area contributed by atoms with Crippen molar-refractivity contribution < 1.29 is 13.2 Å². The van der Waals surface area contributed by atoms with Gasteiger partial charge in [0.2, 0.25) is 0 Å². The Kier molecular flexibility index (Phi) is 4.25. The van der Waals surface area contributed by atoms with Gasteiger partial charge in [-0.15, -0.1) is 0 Å². The summed E-state index contributed by atoms with van der Waals surface area (Å²) >= 11 is 0. The van der Waals surface area contributed by atoms with Crippen LogP contribution in [0.2, 0.25) is 0 Å². The zero-order chi connectivity index (χ0) is 15.6. The van der Waals surface area contributed by atoms with Crippen LogP contribution < -0.4 is 5.32 Å². The van der Waals surface area contributed by atoms with E-state index in [4.69, 9.17) is 0 Å². The van der Waals surface area contributed by atoms with E-state index in [-0.39, 0.29) is 11.6 Å². The van der Waals surface area contributed by atoms with Crippen molar-refractivity contribution in [1.29, 1.82) is 0 Å². The minimum atomic E-state index is -4.34. The fourth-order valence-corrected chi connectivity index (χ4v) is 2.13. The molecule has 0 radical (unpaired) electrons. The molecule has 1 unspecified atom stereocenters. The molecule has 1 heterocycles. The molecular formula is C15H18F3N3. The number of hydrogen-bond donors (Lipinski definition) is 1. The number of benzene rings is 1. The van der Waals surface area contributed by atoms with Crippen LogP contribution >= 0.6 is 0 Å². The number of hydrogen-bond acceptors (Lipinski definition) is 2. The maximum absolute atomic E-state index is 12.9. The number of aryl methyl sites for hydroxylation is 2. The molecule has 0 spiro atoms. The second-order valence-corrected chi connectivity index (χ2v) is 5.02. The Morgan fingerprint density at radius 2 is 2.05 bits per heavy atom. The smallest absolute Gasteiger partial charge is 0.378 e. The molecule has 0 saturated carbocycles. The number of halogens is 3. The normalized spacial score (nSPS) is 13.2. The Morgan fingerprint density at radius 3 is 2.62 bits per heavy atom. The van der Waals surface area contributed by atoms with Gasteiger partial charge in [-0.05, 0) is 38.5 Å². The number of aromatic nitrogens is 2. The number of rotatable bonds is 4. The van der Waals surface area contributed by atoms with Crippen LogP contribution in [0.25, 0.3) is 0 Å². The van der Waals surface area contributed by atoms with Crippen molar-refractivity contribution in [3.63, 3.8) is 0 Å². The maximum atomic E-state index is 12.9. The maximum Gasteiger partial charge on any atom is 0.416 e. The highest BCUT2D eigenvalue weighted by molar-refractivity contribution is 5.50. The Hall–Kier alpha value is -1.98.